The molecule has 4 heteroatoms. The molecular weight excluding hydrogens is 230 g/mol. The summed E-state index contributed by atoms with van der Waals surface area (Å²) in [5, 5.41) is 12.0. The summed E-state index contributed by atoms with van der Waals surface area (Å²) in [6.45, 7) is 4.71. The Bertz CT molecular complexity index is 414. The zero-order valence-corrected chi connectivity index (χ0v) is 10.7. The van der Waals surface area contributed by atoms with Crippen LogP contribution in [0.1, 0.15) is 20.3 Å². The molecule has 2 atom stereocenters. The Morgan fingerprint density at radius 2 is 2.11 bits per heavy atom. The third-order valence-electron chi connectivity index (χ3n) is 3.03. The molecule has 2 rings (SSSR count). The fourth-order valence-electron chi connectivity index (χ4n) is 1.95. The zero-order valence-electron chi connectivity index (χ0n) is 10.7. The molecule has 0 radical (unpaired) electrons. The van der Waals surface area contributed by atoms with Crippen LogP contribution < -0.4 is 10.1 Å². The minimum atomic E-state index is -0.678. The first-order valence-corrected chi connectivity index (χ1v) is 6.29. The lowest BCUT2D eigenvalue weighted by Crippen LogP contribution is -2.09. The number of rotatable bonds is 6. The summed E-state index contributed by atoms with van der Waals surface area (Å²) in [4.78, 5) is 10.7. The summed E-state index contributed by atoms with van der Waals surface area (Å²) in [5.74, 6) is 0.294. The van der Waals surface area contributed by atoms with Gasteiger partial charge in [0.1, 0.15) is 5.75 Å². The van der Waals surface area contributed by atoms with Crippen molar-refractivity contribution in [1.29, 1.82) is 0 Å². The molecule has 4 nitrogen and oxygen atoms in total. The molecule has 2 unspecified atom stereocenters. The van der Waals surface area contributed by atoms with Gasteiger partial charge in [-0.25, -0.2) is 0 Å². The van der Waals surface area contributed by atoms with Crippen molar-refractivity contribution in [2.24, 2.45) is 11.8 Å². The quantitative estimate of drug-likeness (QED) is 0.813. The van der Waals surface area contributed by atoms with E-state index in [-0.39, 0.29) is 17.9 Å². The molecule has 0 bridgehead atoms. The molecule has 0 aliphatic heterocycles. The summed E-state index contributed by atoms with van der Waals surface area (Å²) < 4.78 is 5.55. The van der Waals surface area contributed by atoms with Crippen molar-refractivity contribution in [3.05, 3.63) is 24.3 Å². The van der Waals surface area contributed by atoms with Crippen molar-refractivity contribution in [1.82, 2.24) is 0 Å². The summed E-state index contributed by atoms with van der Waals surface area (Å²) in [5.41, 5.74) is 1.00. The van der Waals surface area contributed by atoms with Crippen molar-refractivity contribution in [2.45, 2.75) is 26.4 Å². The van der Waals surface area contributed by atoms with Gasteiger partial charge in [-0.2, -0.15) is 0 Å². The summed E-state index contributed by atoms with van der Waals surface area (Å²) in [7, 11) is 0. The van der Waals surface area contributed by atoms with E-state index in [4.69, 9.17) is 9.84 Å². The second kappa shape index (κ2) is 5.29. The van der Waals surface area contributed by atoms with Crippen molar-refractivity contribution in [2.75, 3.05) is 11.9 Å². The Balaban J connectivity index is 1.79. The van der Waals surface area contributed by atoms with Gasteiger partial charge in [-0.1, -0.05) is 0 Å². The largest absolute Gasteiger partial charge is 0.491 e. The molecule has 1 saturated carbocycles. The first kappa shape index (κ1) is 12.7. The predicted octanol–water partition coefficient (Wildman–Crippen LogP) is 2.61. The minimum absolute atomic E-state index is 0.152. The van der Waals surface area contributed by atoms with E-state index in [2.05, 4.69) is 5.32 Å². The van der Waals surface area contributed by atoms with Crippen LogP contribution >= 0.6 is 0 Å². The first-order valence-electron chi connectivity index (χ1n) is 6.29. The average Bonchev–Trinajstić information content (AvgIpc) is 3.07. The van der Waals surface area contributed by atoms with Gasteiger partial charge in [-0.3, -0.25) is 4.79 Å². The number of carboxylic acids is 1. The molecular formula is C14H19NO3. The molecule has 1 aromatic carbocycles. The number of hydrogen-bond acceptors (Lipinski definition) is 3. The second-order valence-electron chi connectivity index (χ2n) is 5.01. The Hall–Kier alpha value is -1.71. The van der Waals surface area contributed by atoms with E-state index in [1.54, 1.807) is 0 Å². The summed E-state index contributed by atoms with van der Waals surface area (Å²) in [6, 6.07) is 7.75. The van der Waals surface area contributed by atoms with E-state index >= 15 is 0 Å². The highest BCUT2D eigenvalue weighted by Gasteiger charge is 2.42. The van der Waals surface area contributed by atoms with E-state index in [0.717, 1.165) is 24.4 Å². The van der Waals surface area contributed by atoms with Gasteiger partial charge in [0.2, 0.25) is 0 Å². The Labute approximate surface area is 107 Å². The van der Waals surface area contributed by atoms with E-state index in [1.165, 1.54) is 0 Å². The van der Waals surface area contributed by atoms with Gasteiger partial charge in [-0.15, -0.1) is 0 Å². The standard InChI is InChI=1S/C14H19NO3/c1-9(2)18-12-5-3-11(4-6-12)15-8-10-7-13(10)14(16)17/h3-6,9-10,13,15H,7-8H2,1-2H3,(H,16,17). The minimum Gasteiger partial charge on any atom is -0.491 e. The number of nitrogens with one attached hydrogen (secondary N) is 1. The van der Waals surface area contributed by atoms with Crippen molar-refractivity contribution < 1.29 is 14.6 Å². The monoisotopic (exact) mass is 249 g/mol. The number of carbonyl (C=O) groups is 1. The van der Waals surface area contributed by atoms with Crippen LogP contribution in [0.2, 0.25) is 0 Å². The molecule has 2 N–H and O–H groups in total. The Kier molecular flexibility index (Phi) is 3.75. The lowest BCUT2D eigenvalue weighted by atomic mass is 10.2. The summed E-state index contributed by atoms with van der Waals surface area (Å²) >= 11 is 0. The molecule has 0 aromatic heterocycles. The molecule has 0 saturated heterocycles. The maximum atomic E-state index is 10.7. The number of hydrogen-bond donors (Lipinski definition) is 2. The molecule has 0 spiro atoms. The van der Waals surface area contributed by atoms with E-state index in [1.807, 2.05) is 38.1 Å². The van der Waals surface area contributed by atoms with E-state index in [0.29, 0.717) is 0 Å². The van der Waals surface area contributed by atoms with Gasteiger partial charge >= 0.3 is 5.97 Å². The highest BCUT2D eigenvalue weighted by molar-refractivity contribution is 5.73. The van der Waals surface area contributed by atoms with Gasteiger partial charge < -0.3 is 15.2 Å². The number of carboxylic acid groups (broad SMARTS) is 1. The van der Waals surface area contributed by atoms with Crippen LogP contribution in [0.15, 0.2) is 24.3 Å². The highest BCUT2D eigenvalue weighted by atomic mass is 16.5. The van der Waals surface area contributed by atoms with Crippen molar-refractivity contribution in [3.8, 4) is 5.75 Å². The van der Waals surface area contributed by atoms with Gasteiger partial charge in [0.05, 0.1) is 12.0 Å². The molecule has 98 valence electrons. The van der Waals surface area contributed by atoms with Crippen LogP contribution in [-0.2, 0) is 4.79 Å². The molecule has 1 fully saturated rings. The topological polar surface area (TPSA) is 58.6 Å². The number of ether oxygens (including phenoxy) is 1. The van der Waals surface area contributed by atoms with Crippen LogP contribution in [0.3, 0.4) is 0 Å². The van der Waals surface area contributed by atoms with Gasteiger partial charge in [0.25, 0.3) is 0 Å². The third-order valence-corrected chi connectivity index (χ3v) is 3.03. The second-order valence-corrected chi connectivity index (χ2v) is 5.01. The number of benzene rings is 1. The molecule has 1 aliphatic carbocycles. The Morgan fingerprint density at radius 1 is 1.44 bits per heavy atom. The zero-order chi connectivity index (χ0) is 13.1. The highest BCUT2D eigenvalue weighted by Crippen LogP contribution is 2.38. The predicted molar refractivity (Wildman–Crippen MR) is 69.9 cm³/mol. The van der Waals surface area contributed by atoms with E-state index < -0.39 is 5.97 Å². The molecule has 1 aromatic rings. The fourth-order valence-corrected chi connectivity index (χ4v) is 1.95. The van der Waals surface area contributed by atoms with E-state index in [9.17, 15) is 4.79 Å². The van der Waals surface area contributed by atoms with Crippen molar-refractivity contribution >= 4 is 11.7 Å². The van der Waals surface area contributed by atoms with Gasteiger partial charge in [0, 0.05) is 12.2 Å². The third kappa shape index (κ3) is 3.39. The molecule has 0 amide bonds. The first-order chi connectivity index (χ1) is 8.56. The maximum absolute atomic E-state index is 10.7. The molecule has 0 heterocycles. The van der Waals surface area contributed by atoms with Crippen molar-refractivity contribution in [3.63, 3.8) is 0 Å². The maximum Gasteiger partial charge on any atom is 0.306 e. The van der Waals surface area contributed by atoms with Gasteiger partial charge in [0.15, 0.2) is 0 Å². The average molecular weight is 249 g/mol. The SMILES string of the molecule is CC(C)Oc1ccc(NCC2CC2C(=O)O)cc1. The number of anilines is 1. The van der Waals surface area contributed by atoms with Crippen LogP contribution in [0.5, 0.6) is 5.75 Å². The van der Waals surface area contributed by atoms with Crippen LogP contribution in [0, 0.1) is 11.8 Å². The lowest BCUT2D eigenvalue weighted by Gasteiger charge is -2.11. The number of aliphatic carboxylic acids is 1. The normalized spacial score (nSPS) is 21.7. The molecule has 1 aliphatic rings. The van der Waals surface area contributed by atoms with Gasteiger partial charge in [-0.05, 0) is 50.5 Å². The Morgan fingerprint density at radius 3 is 2.61 bits per heavy atom. The van der Waals surface area contributed by atoms with Crippen LogP contribution in [-0.4, -0.2) is 23.7 Å². The summed E-state index contributed by atoms with van der Waals surface area (Å²) in [6.07, 6.45) is 0.961. The van der Waals surface area contributed by atoms with Crippen LogP contribution in [0.25, 0.3) is 0 Å². The lowest BCUT2D eigenvalue weighted by molar-refractivity contribution is -0.138. The fraction of sp³-hybridized carbons (Fsp3) is 0.500. The van der Waals surface area contributed by atoms with Crippen LogP contribution in [0.4, 0.5) is 5.69 Å². The molecule has 18 heavy (non-hydrogen) atoms. The smallest absolute Gasteiger partial charge is 0.306 e.